The molecule has 0 amide bonds. The Morgan fingerprint density at radius 3 is 2.07 bits per heavy atom. The SMILES string of the molecule is C/C(=C/c1ccc(C(C)C)cc1)C(C)N. The van der Waals surface area contributed by atoms with E-state index in [1.54, 1.807) is 0 Å². The minimum Gasteiger partial charge on any atom is -0.324 e. The summed E-state index contributed by atoms with van der Waals surface area (Å²) in [6, 6.07) is 8.81. The van der Waals surface area contributed by atoms with Crippen LogP contribution in [0.3, 0.4) is 0 Å². The van der Waals surface area contributed by atoms with Crippen molar-refractivity contribution in [1.29, 1.82) is 0 Å². The van der Waals surface area contributed by atoms with Crippen molar-refractivity contribution in [3.8, 4) is 0 Å². The molecular weight excluding hydrogens is 182 g/mol. The Morgan fingerprint density at radius 1 is 1.13 bits per heavy atom. The van der Waals surface area contributed by atoms with Crippen LogP contribution in [0.25, 0.3) is 6.08 Å². The fraction of sp³-hybridized carbons (Fsp3) is 0.429. The predicted molar refractivity (Wildman–Crippen MR) is 67.8 cm³/mol. The van der Waals surface area contributed by atoms with Crippen molar-refractivity contribution in [3.63, 3.8) is 0 Å². The lowest BCUT2D eigenvalue weighted by molar-refractivity contribution is 0.864. The van der Waals surface area contributed by atoms with Crippen LogP contribution >= 0.6 is 0 Å². The maximum Gasteiger partial charge on any atom is 0.0225 e. The van der Waals surface area contributed by atoms with Crippen LogP contribution in [0.5, 0.6) is 0 Å². The third kappa shape index (κ3) is 3.52. The van der Waals surface area contributed by atoms with Crippen LogP contribution in [0.2, 0.25) is 0 Å². The molecule has 0 saturated heterocycles. The molecule has 15 heavy (non-hydrogen) atoms. The summed E-state index contributed by atoms with van der Waals surface area (Å²) in [5, 5.41) is 0. The predicted octanol–water partition coefficient (Wildman–Crippen LogP) is 3.56. The van der Waals surface area contributed by atoms with Crippen molar-refractivity contribution in [1.82, 2.24) is 0 Å². The highest BCUT2D eigenvalue weighted by Crippen LogP contribution is 2.16. The molecule has 1 nitrogen and oxygen atoms in total. The lowest BCUT2D eigenvalue weighted by Crippen LogP contribution is -2.15. The van der Waals surface area contributed by atoms with Gasteiger partial charge in [-0.25, -0.2) is 0 Å². The summed E-state index contributed by atoms with van der Waals surface area (Å²) < 4.78 is 0. The summed E-state index contributed by atoms with van der Waals surface area (Å²) in [6.07, 6.45) is 2.15. The Labute approximate surface area is 93.0 Å². The Kier molecular flexibility index (Phi) is 4.10. The molecule has 0 radical (unpaired) electrons. The van der Waals surface area contributed by atoms with E-state index in [2.05, 4.69) is 51.1 Å². The molecule has 0 heterocycles. The molecule has 1 heteroatoms. The zero-order chi connectivity index (χ0) is 11.4. The van der Waals surface area contributed by atoms with Crippen LogP contribution in [0.15, 0.2) is 29.8 Å². The number of nitrogens with two attached hydrogens (primary N) is 1. The van der Waals surface area contributed by atoms with Crippen molar-refractivity contribution < 1.29 is 0 Å². The largest absolute Gasteiger partial charge is 0.324 e. The van der Waals surface area contributed by atoms with Crippen molar-refractivity contribution in [2.75, 3.05) is 0 Å². The van der Waals surface area contributed by atoms with Crippen LogP contribution in [-0.2, 0) is 0 Å². The minimum atomic E-state index is 0.134. The van der Waals surface area contributed by atoms with Crippen LogP contribution < -0.4 is 5.73 Å². The average Bonchev–Trinajstić information content (AvgIpc) is 2.18. The first-order valence-electron chi connectivity index (χ1n) is 5.54. The third-order valence-electron chi connectivity index (χ3n) is 2.72. The molecular formula is C14H21N. The maximum atomic E-state index is 5.79. The van der Waals surface area contributed by atoms with Gasteiger partial charge in [-0.1, -0.05) is 49.8 Å². The molecule has 0 aliphatic rings. The van der Waals surface area contributed by atoms with E-state index in [9.17, 15) is 0 Å². The van der Waals surface area contributed by atoms with E-state index in [-0.39, 0.29) is 6.04 Å². The standard InChI is InChI=1S/C14H21N/c1-10(2)14-7-5-13(6-8-14)9-11(3)12(4)15/h5-10,12H,15H2,1-4H3/b11-9-. The van der Waals surface area contributed by atoms with Gasteiger partial charge in [-0.15, -0.1) is 0 Å². The summed E-state index contributed by atoms with van der Waals surface area (Å²) in [7, 11) is 0. The summed E-state index contributed by atoms with van der Waals surface area (Å²) in [6.45, 7) is 8.49. The monoisotopic (exact) mass is 203 g/mol. The molecule has 1 rings (SSSR count). The summed E-state index contributed by atoms with van der Waals surface area (Å²) in [5.74, 6) is 0.595. The second-order valence-electron chi connectivity index (χ2n) is 4.50. The van der Waals surface area contributed by atoms with Crippen LogP contribution in [0, 0.1) is 0 Å². The molecule has 0 bridgehead atoms. The Bertz CT molecular complexity index is 331. The second-order valence-corrected chi connectivity index (χ2v) is 4.50. The van der Waals surface area contributed by atoms with E-state index in [1.165, 1.54) is 16.7 Å². The molecule has 1 unspecified atom stereocenters. The minimum absolute atomic E-state index is 0.134. The third-order valence-corrected chi connectivity index (χ3v) is 2.72. The molecule has 82 valence electrons. The zero-order valence-corrected chi connectivity index (χ0v) is 10.1. The first-order chi connectivity index (χ1) is 7.00. The summed E-state index contributed by atoms with van der Waals surface area (Å²) in [4.78, 5) is 0. The van der Waals surface area contributed by atoms with Crippen LogP contribution in [-0.4, -0.2) is 6.04 Å². The van der Waals surface area contributed by atoms with Gasteiger partial charge in [0, 0.05) is 6.04 Å². The summed E-state index contributed by atoms with van der Waals surface area (Å²) in [5.41, 5.74) is 9.62. The lowest BCUT2D eigenvalue weighted by Gasteiger charge is -2.07. The highest BCUT2D eigenvalue weighted by Gasteiger charge is 1.99. The Hall–Kier alpha value is -1.08. The van der Waals surface area contributed by atoms with Gasteiger partial charge in [0.25, 0.3) is 0 Å². The molecule has 0 spiro atoms. The molecule has 2 N–H and O–H groups in total. The molecule has 1 aromatic rings. The number of rotatable bonds is 3. The highest BCUT2D eigenvalue weighted by molar-refractivity contribution is 5.53. The molecule has 0 aliphatic heterocycles. The molecule has 0 aromatic heterocycles. The van der Waals surface area contributed by atoms with Gasteiger partial charge in [0.05, 0.1) is 0 Å². The quantitative estimate of drug-likeness (QED) is 0.798. The number of hydrogen-bond donors (Lipinski definition) is 1. The van der Waals surface area contributed by atoms with Crippen molar-refractivity contribution >= 4 is 6.08 Å². The average molecular weight is 203 g/mol. The van der Waals surface area contributed by atoms with E-state index in [0.717, 1.165) is 0 Å². The van der Waals surface area contributed by atoms with E-state index in [1.807, 2.05) is 6.92 Å². The van der Waals surface area contributed by atoms with Gasteiger partial charge in [0.15, 0.2) is 0 Å². The van der Waals surface area contributed by atoms with Crippen LogP contribution in [0.4, 0.5) is 0 Å². The molecule has 1 atom stereocenters. The van der Waals surface area contributed by atoms with Gasteiger partial charge in [-0.3, -0.25) is 0 Å². The van der Waals surface area contributed by atoms with Gasteiger partial charge in [-0.05, 0) is 30.9 Å². The fourth-order valence-electron chi connectivity index (χ4n) is 1.37. The normalized spacial score (nSPS) is 14.4. The zero-order valence-electron chi connectivity index (χ0n) is 10.1. The van der Waals surface area contributed by atoms with E-state index < -0.39 is 0 Å². The Morgan fingerprint density at radius 2 is 1.67 bits per heavy atom. The highest BCUT2D eigenvalue weighted by atomic mass is 14.6. The first-order valence-corrected chi connectivity index (χ1v) is 5.54. The molecule has 0 saturated carbocycles. The van der Waals surface area contributed by atoms with E-state index in [4.69, 9.17) is 5.73 Å². The van der Waals surface area contributed by atoms with Gasteiger partial charge in [0.2, 0.25) is 0 Å². The van der Waals surface area contributed by atoms with Crippen molar-refractivity contribution in [3.05, 3.63) is 41.0 Å². The summed E-state index contributed by atoms with van der Waals surface area (Å²) >= 11 is 0. The first kappa shape index (κ1) is 12.0. The smallest absolute Gasteiger partial charge is 0.0225 e. The lowest BCUT2D eigenvalue weighted by atomic mass is 10.0. The van der Waals surface area contributed by atoms with Gasteiger partial charge in [0.1, 0.15) is 0 Å². The fourth-order valence-corrected chi connectivity index (χ4v) is 1.37. The molecule has 0 fully saturated rings. The van der Waals surface area contributed by atoms with Crippen molar-refractivity contribution in [2.45, 2.75) is 39.7 Å². The maximum absolute atomic E-state index is 5.79. The van der Waals surface area contributed by atoms with Crippen LogP contribution in [0.1, 0.15) is 44.7 Å². The molecule has 0 aliphatic carbocycles. The van der Waals surface area contributed by atoms with Gasteiger partial charge < -0.3 is 5.73 Å². The van der Waals surface area contributed by atoms with Crippen molar-refractivity contribution in [2.24, 2.45) is 5.73 Å². The van der Waals surface area contributed by atoms with E-state index >= 15 is 0 Å². The van der Waals surface area contributed by atoms with Gasteiger partial charge in [-0.2, -0.15) is 0 Å². The second kappa shape index (κ2) is 5.13. The number of benzene rings is 1. The Balaban J connectivity index is 2.85. The number of hydrogen-bond acceptors (Lipinski definition) is 1. The molecule has 1 aromatic carbocycles. The topological polar surface area (TPSA) is 26.0 Å². The van der Waals surface area contributed by atoms with Gasteiger partial charge >= 0.3 is 0 Å². The van der Waals surface area contributed by atoms with E-state index in [0.29, 0.717) is 5.92 Å².